The van der Waals surface area contributed by atoms with Crippen LogP contribution in [-0.4, -0.2) is 77.3 Å². The number of pyridine rings is 1. The molecule has 0 aliphatic carbocycles. The molecule has 2 aromatic rings. The molecule has 1 aromatic heterocycles. The van der Waals surface area contributed by atoms with Crippen LogP contribution >= 0.6 is 0 Å². The Labute approximate surface area is 188 Å². The molecule has 1 amide bonds. The van der Waals surface area contributed by atoms with E-state index in [0.717, 1.165) is 25.2 Å². The molecule has 176 valence electrons. The number of halogens is 2. The molecule has 0 bridgehead atoms. The summed E-state index contributed by atoms with van der Waals surface area (Å²) in [6.07, 6.45) is 0.905. The lowest BCUT2D eigenvalue weighted by Crippen LogP contribution is -2.50. The van der Waals surface area contributed by atoms with E-state index < -0.39 is 34.5 Å². The smallest absolute Gasteiger partial charge is 0.277 e. The largest absolute Gasteiger partial charge is 0.502 e. The number of ether oxygens (including phenoxy) is 1. The van der Waals surface area contributed by atoms with E-state index in [1.165, 1.54) is 21.8 Å². The first-order valence-corrected chi connectivity index (χ1v) is 10.6. The van der Waals surface area contributed by atoms with Crippen molar-refractivity contribution in [3.05, 3.63) is 63.1 Å². The van der Waals surface area contributed by atoms with Crippen molar-refractivity contribution in [2.75, 3.05) is 51.5 Å². The van der Waals surface area contributed by atoms with Gasteiger partial charge in [-0.15, -0.1) is 0 Å². The van der Waals surface area contributed by atoms with Crippen LogP contribution in [0.2, 0.25) is 0 Å². The molecule has 0 saturated carbocycles. The summed E-state index contributed by atoms with van der Waals surface area (Å²) in [6, 6.07) is 3.05. The van der Waals surface area contributed by atoms with Crippen LogP contribution in [0.5, 0.6) is 5.75 Å². The average Bonchev–Trinajstić information content (AvgIpc) is 2.80. The number of Topliss-reactive ketones (excluding diaryl/α,β-unsaturated/α-hetero) is 1. The van der Waals surface area contributed by atoms with Crippen LogP contribution in [0.3, 0.4) is 0 Å². The molecule has 0 radical (unpaired) electrons. The number of rotatable bonds is 7. The summed E-state index contributed by atoms with van der Waals surface area (Å²) in [5.41, 5.74) is 1.52. The molecule has 0 unspecified atom stereocenters. The van der Waals surface area contributed by atoms with Crippen LogP contribution in [0, 0.1) is 11.6 Å². The highest BCUT2D eigenvalue weighted by Gasteiger charge is 2.31. The fraction of sp³-hybridized carbons (Fsp3) is 0.409. The third-order valence-corrected chi connectivity index (χ3v) is 5.83. The molecule has 9 nitrogen and oxygen atoms in total. The number of carbonyl (C=O) groups excluding carboxylic acids is 2. The lowest BCUT2D eigenvalue weighted by atomic mass is 10.0. The molecule has 0 atom stereocenters. The summed E-state index contributed by atoms with van der Waals surface area (Å²) in [4.78, 5) is 41.8. The van der Waals surface area contributed by atoms with Gasteiger partial charge in [0.05, 0.1) is 18.8 Å². The molecular weight excluding hydrogens is 438 g/mol. The lowest BCUT2D eigenvalue weighted by Gasteiger charge is -2.34. The number of nitrogens with zero attached hydrogens (tertiary/aromatic N) is 3. The van der Waals surface area contributed by atoms with E-state index >= 15 is 0 Å². The number of amides is 1. The first-order valence-electron chi connectivity index (χ1n) is 10.6. The number of carbonyl (C=O) groups is 2. The van der Waals surface area contributed by atoms with Crippen molar-refractivity contribution in [1.82, 2.24) is 14.5 Å². The Morgan fingerprint density at radius 2 is 1.91 bits per heavy atom. The molecule has 11 heteroatoms. The van der Waals surface area contributed by atoms with E-state index in [0.29, 0.717) is 26.3 Å². The van der Waals surface area contributed by atoms with Gasteiger partial charge in [0, 0.05) is 44.9 Å². The molecule has 1 aromatic carbocycles. The molecule has 1 saturated heterocycles. The summed E-state index contributed by atoms with van der Waals surface area (Å²) in [6.45, 7) is 3.95. The van der Waals surface area contributed by atoms with Crippen molar-refractivity contribution in [1.29, 1.82) is 0 Å². The van der Waals surface area contributed by atoms with Gasteiger partial charge in [0.15, 0.2) is 17.2 Å². The molecule has 2 aliphatic rings. The maximum Gasteiger partial charge on any atom is 0.277 e. The summed E-state index contributed by atoms with van der Waals surface area (Å²) in [5.74, 6) is -3.47. The number of fused-ring (bicyclic) bond motifs is 1. The maximum atomic E-state index is 13.8. The second kappa shape index (κ2) is 9.67. The first-order chi connectivity index (χ1) is 15.8. The number of hydrogen-bond acceptors (Lipinski definition) is 7. The van der Waals surface area contributed by atoms with Gasteiger partial charge >= 0.3 is 0 Å². The fourth-order valence-corrected chi connectivity index (χ4v) is 3.89. The second-order valence-corrected chi connectivity index (χ2v) is 7.94. The highest BCUT2D eigenvalue weighted by Crippen LogP contribution is 2.20. The Bertz CT molecular complexity index is 1130. The van der Waals surface area contributed by atoms with Gasteiger partial charge < -0.3 is 20.2 Å². The Hall–Kier alpha value is -3.31. The van der Waals surface area contributed by atoms with Crippen molar-refractivity contribution in [3.63, 3.8) is 0 Å². The molecular formula is C22H24F2N4O5. The van der Waals surface area contributed by atoms with E-state index in [-0.39, 0.29) is 36.3 Å². The normalized spacial score (nSPS) is 16.4. The lowest BCUT2D eigenvalue weighted by molar-refractivity contribution is 0.0320. The zero-order valence-corrected chi connectivity index (χ0v) is 17.9. The molecule has 0 spiro atoms. The second-order valence-electron chi connectivity index (χ2n) is 7.94. The predicted octanol–water partition coefficient (Wildman–Crippen LogP) is 0.937. The Balaban J connectivity index is 1.47. The SMILES string of the molecule is O=C(CCc1ccc(F)cc1F)c1cn2c(c(O)c1=O)C(=O)N(CCN1CCOCC1)CN2. The van der Waals surface area contributed by atoms with Crippen molar-refractivity contribution in [2.24, 2.45) is 0 Å². The van der Waals surface area contributed by atoms with Gasteiger partial charge in [0.25, 0.3) is 5.91 Å². The molecule has 2 N–H and O–H groups in total. The van der Waals surface area contributed by atoms with Crippen LogP contribution in [0.15, 0.2) is 29.2 Å². The number of hydrogen-bond donors (Lipinski definition) is 2. The minimum absolute atomic E-state index is 0.0470. The Morgan fingerprint density at radius 1 is 1.15 bits per heavy atom. The van der Waals surface area contributed by atoms with Crippen molar-refractivity contribution >= 4 is 11.7 Å². The topological polar surface area (TPSA) is 104 Å². The summed E-state index contributed by atoms with van der Waals surface area (Å²) in [7, 11) is 0. The number of aromatic hydroxyl groups is 1. The highest BCUT2D eigenvalue weighted by atomic mass is 19.1. The van der Waals surface area contributed by atoms with Crippen molar-refractivity contribution in [3.8, 4) is 5.75 Å². The standard InChI is InChI=1S/C22H24F2N4O5/c23-15-3-1-14(17(24)11-15)2-4-18(29)16-12-28-19(21(31)20(16)30)22(32)27(13-25-28)6-5-26-7-9-33-10-8-26/h1,3,11-12,25,31H,2,4-10,13H2. The highest BCUT2D eigenvalue weighted by molar-refractivity contribution is 6.00. The van der Waals surface area contributed by atoms with Crippen molar-refractivity contribution in [2.45, 2.75) is 12.8 Å². The molecule has 33 heavy (non-hydrogen) atoms. The van der Waals surface area contributed by atoms with Gasteiger partial charge in [-0.1, -0.05) is 6.07 Å². The van der Waals surface area contributed by atoms with Gasteiger partial charge in [0.2, 0.25) is 5.43 Å². The van der Waals surface area contributed by atoms with Gasteiger partial charge in [-0.25, -0.2) is 8.78 Å². The predicted molar refractivity (Wildman–Crippen MR) is 114 cm³/mol. The van der Waals surface area contributed by atoms with Crippen LogP contribution in [0.25, 0.3) is 0 Å². The number of morpholine rings is 1. The maximum absolute atomic E-state index is 13.8. The quantitative estimate of drug-likeness (QED) is 0.590. The molecule has 1 fully saturated rings. The summed E-state index contributed by atoms with van der Waals surface area (Å²) in [5, 5.41) is 10.4. The average molecular weight is 462 g/mol. The van der Waals surface area contributed by atoms with Crippen LogP contribution in [0.1, 0.15) is 32.8 Å². The van der Waals surface area contributed by atoms with Crippen LogP contribution < -0.4 is 10.9 Å². The van der Waals surface area contributed by atoms with E-state index in [1.54, 1.807) is 0 Å². The first kappa shape index (κ1) is 22.9. The number of nitrogens with one attached hydrogen (secondary N) is 1. The Morgan fingerprint density at radius 3 is 2.64 bits per heavy atom. The molecule has 4 rings (SSSR count). The van der Waals surface area contributed by atoms with Gasteiger partial charge in [0.1, 0.15) is 18.3 Å². The zero-order valence-electron chi connectivity index (χ0n) is 17.9. The fourth-order valence-electron chi connectivity index (χ4n) is 3.89. The van der Waals surface area contributed by atoms with E-state index in [9.17, 15) is 28.3 Å². The Kier molecular flexibility index (Phi) is 6.70. The number of ketones is 1. The van der Waals surface area contributed by atoms with E-state index in [2.05, 4.69) is 10.3 Å². The molecule has 3 heterocycles. The monoisotopic (exact) mass is 462 g/mol. The summed E-state index contributed by atoms with van der Waals surface area (Å²) < 4.78 is 33.3. The zero-order chi connectivity index (χ0) is 23.5. The van der Waals surface area contributed by atoms with Gasteiger partial charge in [-0.05, 0) is 18.1 Å². The van der Waals surface area contributed by atoms with Crippen molar-refractivity contribution < 1.29 is 28.2 Å². The molecule has 2 aliphatic heterocycles. The van der Waals surface area contributed by atoms with E-state index in [1.807, 2.05) is 0 Å². The third kappa shape index (κ3) is 4.88. The number of aryl methyl sites for hydroxylation is 1. The van der Waals surface area contributed by atoms with Crippen LogP contribution in [0.4, 0.5) is 8.78 Å². The number of benzene rings is 1. The minimum atomic E-state index is -0.962. The third-order valence-electron chi connectivity index (χ3n) is 5.83. The van der Waals surface area contributed by atoms with E-state index in [4.69, 9.17) is 4.74 Å². The number of aromatic nitrogens is 1. The van der Waals surface area contributed by atoms with Gasteiger partial charge in [-0.2, -0.15) is 0 Å². The summed E-state index contributed by atoms with van der Waals surface area (Å²) >= 11 is 0. The van der Waals surface area contributed by atoms with Crippen LogP contribution in [-0.2, 0) is 11.2 Å². The van der Waals surface area contributed by atoms with Gasteiger partial charge in [-0.3, -0.25) is 24.0 Å². The minimum Gasteiger partial charge on any atom is -0.502 e.